The first-order valence-corrected chi connectivity index (χ1v) is 12.5. The molecule has 188 valence electrons. The number of nitrogens with one attached hydrogen (secondary N) is 3. The Kier molecular flexibility index (Phi) is 9.68. The fourth-order valence-electron chi connectivity index (χ4n) is 3.15. The summed E-state index contributed by atoms with van der Waals surface area (Å²) in [4.78, 5) is 34.0. The molecule has 1 aromatic heterocycles. The predicted molar refractivity (Wildman–Crippen MR) is 145 cm³/mol. The first-order valence-electron chi connectivity index (χ1n) is 11.0. The van der Waals surface area contributed by atoms with Crippen molar-refractivity contribution >= 4 is 57.5 Å². The molecule has 3 rings (SSSR count). The molecular weight excluding hydrogens is 581 g/mol. The smallest absolute Gasteiger partial charge is 0.251 e. The molecule has 0 unspecified atom stereocenters. The number of likely N-dealkylation sites (N-methyl/N-ethyl adjacent to an activating group) is 1. The van der Waals surface area contributed by atoms with E-state index in [4.69, 9.17) is 0 Å². The molecule has 0 saturated carbocycles. The topological polar surface area (TPSA) is 99.3 Å². The van der Waals surface area contributed by atoms with Gasteiger partial charge in [0.25, 0.3) is 5.91 Å². The number of hydrogen-bond donors (Lipinski definition) is 3. The van der Waals surface area contributed by atoms with Crippen LogP contribution in [0.1, 0.15) is 22.3 Å². The molecule has 0 bridgehead atoms. The van der Waals surface area contributed by atoms with Crippen LogP contribution in [0.5, 0.6) is 0 Å². The minimum atomic E-state index is -0.548. The SMILES string of the molecule is C=CC(=O)N(C)c1cc(Nc2ncc(CI)c(NCCCNC(=O)c3ccc(F)cc3)n2)ccc1F. The zero-order chi connectivity index (χ0) is 26.1. The van der Waals surface area contributed by atoms with E-state index in [-0.39, 0.29) is 11.6 Å². The molecule has 2 aromatic carbocycles. The van der Waals surface area contributed by atoms with E-state index >= 15 is 0 Å². The van der Waals surface area contributed by atoms with E-state index in [0.29, 0.717) is 47.0 Å². The van der Waals surface area contributed by atoms with Gasteiger partial charge in [-0.15, -0.1) is 0 Å². The van der Waals surface area contributed by atoms with Crippen LogP contribution in [0.15, 0.2) is 61.3 Å². The van der Waals surface area contributed by atoms with Crippen molar-refractivity contribution in [3.63, 3.8) is 0 Å². The first-order chi connectivity index (χ1) is 17.3. The Hall–Kier alpha value is -3.61. The number of amides is 2. The van der Waals surface area contributed by atoms with Crippen molar-refractivity contribution in [3.05, 3.63) is 84.1 Å². The summed E-state index contributed by atoms with van der Waals surface area (Å²) in [5.41, 5.74) is 1.89. The van der Waals surface area contributed by atoms with Crippen LogP contribution in [-0.4, -0.2) is 41.9 Å². The lowest BCUT2D eigenvalue weighted by Crippen LogP contribution is -2.26. The third-order valence-electron chi connectivity index (χ3n) is 5.12. The lowest BCUT2D eigenvalue weighted by atomic mass is 10.2. The first kappa shape index (κ1) is 27.0. The number of anilines is 4. The van der Waals surface area contributed by atoms with Crippen molar-refractivity contribution in [1.82, 2.24) is 15.3 Å². The summed E-state index contributed by atoms with van der Waals surface area (Å²) in [6.07, 6.45) is 3.43. The van der Waals surface area contributed by atoms with E-state index in [1.165, 1.54) is 49.5 Å². The van der Waals surface area contributed by atoms with Gasteiger partial charge in [-0.3, -0.25) is 9.59 Å². The fraction of sp³-hybridized carbons (Fsp3) is 0.200. The van der Waals surface area contributed by atoms with Gasteiger partial charge in [0, 0.05) is 47.6 Å². The van der Waals surface area contributed by atoms with Gasteiger partial charge in [0.1, 0.15) is 17.5 Å². The second-order valence-corrected chi connectivity index (χ2v) is 8.40. The van der Waals surface area contributed by atoms with Gasteiger partial charge in [0.05, 0.1) is 5.69 Å². The van der Waals surface area contributed by atoms with Gasteiger partial charge in [0.2, 0.25) is 11.9 Å². The summed E-state index contributed by atoms with van der Waals surface area (Å²) in [5, 5.41) is 9.08. The molecule has 0 spiro atoms. The van der Waals surface area contributed by atoms with Crippen molar-refractivity contribution < 1.29 is 18.4 Å². The molecule has 3 aromatic rings. The highest BCUT2D eigenvalue weighted by Crippen LogP contribution is 2.25. The fourth-order valence-corrected chi connectivity index (χ4v) is 3.71. The summed E-state index contributed by atoms with van der Waals surface area (Å²) in [5.74, 6) is -0.715. The summed E-state index contributed by atoms with van der Waals surface area (Å²) in [7, 11) is 1.46. The normalized spacial score (nSPS) is 10.4. The van der Waals surface area contributed by atoms with Gasteiger partial charge in [-0.25, -0.2) is 13.8 Å². The van der Waals surface area contributed by atoms with Gasteiger partial charge in [-0.05, 0) is 55.0 Å². The third kappa shape index (κ3) is 7.20. The number of rotatable bonds is 11. The molecule has 0 aliphatic rings. The standard InChI is InChI=1S/C25H25F2IN6O2/c1-3-22(35)34(2)21-13-19(9-10-20(21)27)32-25-31-15-17(14-28)23(33-25)29-11-4-12-30-24(36)16-5-7-18(26)8-6-16/h3,5-10,13,15H,1,4,11-12,14H2,2H3,(H,30,36)(H2,29,31,32,33). The molecule has 0 aliphatic heterocycles. The molecule has 3 N–H and O–H groups in total. The molecule has 0 radical (unpaired) electrons. The average molecular weight is 606 g/mol. The maximum absolute atomic E-state index is 14.2. The Morgan fingerprint density at radius 3 is 2.58 bits per heavy atom. The minimum Gasteiger partial charge on any atom is -0.370 e. The molecule has 2 amide bonds. The molecule has 1 heterocycles. The lowest BCUT2D eigenvalue weighted by molar-refractivity contribution is -0.113. The van der Waals surface area contributed by atoms with E-state index in [2.05, 4.69) is 55.1 Å². The molecule has 8 nitrogen and oxygen atoms in total. The number of nitrogens with zero attached hydrogens (tertiary/aromatic N) is 3. The number of aromatic nitrogens is 2. The predicted octanol–water partition coefficient (Wildman–Crippen LogP) is 4.81. The molecule has 11 heteroatoms. The maximum atomic E-state index is 14.2. The zero-order valence-corrected chi connectivity index (χ0v) is 21.7. The second-order valence-electron chi connectivity index (χ2n) is 7.64. The number of carbonyl (C=O) groups is 2. The summed E-state index contributed by atoms with van der Waals surface area (Å²) in [6, 6.07) is 9.63. The molecule has 0 saturated heterocycles. The van der Waals surface area contributed by atoms with Gasteiger partial charge < -0.3 is 20.9 Å². The van der Waals surface area contributed by atoms with Crippen molar-refractivity contribution in [2.45, 2.75) is 10.8 Å². The monoisotopic (exact) mass is 606 g/mol. The van der Waals surface area contributed by atoms with Gasteiger partial charge in [-0.1, -0.05) is 29.2 Å². The van der Waals surface area contributed by atoms with Crippen LogP contribution < -0.4 is 20.9 Å². The Balaban J connectivity index is 1.60. The number of carbonyl (C=O) groups excluding carboxylic acids is 2. The number of hydrogen-bond acceptors (Lipinski definition) is 6. The summed E-state index contributed by atoms with van der Waals surface area (Å²) >= 11 is 2.21. The molecule has 0 aliphatic carbocycles. The number of halogens is 3. The van der Waals surface area contributed by atoms with E-state index in [1.807, 2.05) is 0 Å². The van der Waals surface area contributed by atoms with Crippen LogP contribution in [0.25, 0.3) is 0 Å². The van der Waals surface area contributed by atoms with E-state index < -0.39 is 17.5 Å². The van der Waals surface area contributed by atoms with E-state index in [1.54, 1.807) is 6.20 Å². The number of benzene rings is 2. The highest BCUT2D eigenvalue weighted by molar-refractivity contribution is 14.1. The van der Waals surface area contributed by atoms with Crippen LogP contribution in [0.3, 0.4) is 0 Å². The highest BCUT2D eigenvalue weighted by atomic mass is 127. The molecule has 0 atom stereocenters. The third-order valence-corrected chi connectivity index (χ3v) is 5.94. The van der Waals surface area contributed by atoms with Crippen LogP contribution in [0.4, 0.5) is 31.9 Å². The zero-order valence-electron chi connectivity index (χ0n) is 19.5. The lowest BCUT2D eigenvalue weighted by Gasteiger charge is -2.17. The van der Waals surface area contributed by atoms with E-state index in [9.17, 15) is 18.4 Å². The highest BCUT2D eigenvalue weighted by Gasteiger charge is 2.14. The van der Waals surface area contributed by atoms with Crippen molar-refractivity contribution in [2.24, 2.45) is 0 Å². The largest absolute Gasteiger partial charge is 0.370 e. The Bertz CT molecular complexity index is 1240. The molecule has 36 heavy (non-hydrogen) atoms. The minimum absolute atomic E-state index is 0.0924. The van der Waals surface area contributed by atoms with Crippen LogP contribution in [0.2, 0.25) is 0 Å². The van der Waals surface area contributed by atoms with Crippen LogP contribution >= 0.6 is 22.6 Å². The van der Waals surface area contributed by atoms with Crippen LogP contribution in [0, 0.1) is 11.6 Å². The Labute approximate surface area is 221 Å². The number of alkyl halides is 1. The maximum Gasteiger partial charge on any atom is 0.251 e. The summed E-state index contributed by atoms with van der Waals surface area (Å²) < 4.78 is 27.9. The van der Waals surface area contributed by atoms with E-state index in [0.717, 1.165) is 16.5 Å². The van der Waals surface area contributed by atoms with Crippen molar-refractivity contribution in [1.29, 1.82) is 0 Å². The van der Waals surface area contributed by atoms with Gasteiger partial charge >= 0.3 is 0 Å². The second kappa shape index (κ2) is 12.9. The Morgan fingerprint density at radius 2 is 1.89 bits per heavy atom. The van der Waals surface area contributed by atoms with Gasteiger partial charge in [0.15, 0.2) is 0 Å². The van der Waals surface area contributed by atoms with Crippen LogP contribution in [-0.2, 0) is 9.22 Å². The molecule has 0 fully saturated rings. The van der Waals surface area contributed by atoms with Gasteiger partial charge in [-0.2, -0.15) is 4.98 Å². The average Bonchev–Trinajstić information content (AvgIpc) is 2.89. The Morgan fingerprint density at radius 1 is 1.14 bits per heavy atom. The molecular formula is C25H25F2IN6O2. The quantitative estimate of drug-likeness (QED) is 0.125. The summed E-state index contributed by atoms with van der Waals surface area (Å²) in [6.45, 7) is 4.39. The van der Waals surface area contributed by atoms with Crippen molar-refractivity contribution in [3.8, 4) is 0 Å². The van der Waals surface area contributed by atoms with Crippen molar-refractivity contribution in [2.75, 3.05) is 35.7 Å².